The second-order valence-electron chi connectivity index (χ2n) is 9.88. The van der Waals surface area contributed by atoms with Crippen LogP contribution in [0.25, 0.3) is 17.4 Å². The number of allylic oxidation sites excluding steroid dienone is 1. The standard InChI is InChI=1S/C31H29N3O8S/c1-6-40-30(36)27-18(4)32-31-33(28(27)19-7-10-21(11-8-19)41-17(2)3)29(35)26(43-31)16-22-12-14-25(42-22)23-15-20(34(37)38)9-13-24(23)39-5/h7-17,28H,6H2,1-5H3/b26-16-/t28-/m0/s1. The molecule has 0 N–H and O–H groups in total. The van der Waals surface area contributed by atoms with Crippen molar-refractivity contribution in [1.29, 1.82) is 0 Å². The maximum absolute atomic E-state index is 13.9. The molecule has 2 aromatic heterocycles. The summed E-state index contributed by atoms with van der Waals surface area (Å²) >= 11 is 1.16. The van der Waals surface area contributed by atoms with Gasteiger partial charge in [-0.1, -0.05) is 23.5 Å². The van der Waals surface area contributed by atoms with Crippen LogP contribution in [-0.4, -0.2) is 35.3 Å². The minimum Gasteiger partial charge on any atom is -0.496 e. The van der Waals surface area contributed by atoms with Crippen molar-refractivity contribution in [1.82, 2.24) is 4.57 Å². The lowest BCUT2D eigenvalue weighted by Gasteiger charge is -2.25. The van der Waals surface area contributed by atoms with Gasteiger partial charge in [0.1, 0.15) is 23.0 Å². The Morgan fingerprint density at radius 3 is 2.58 bits per heavy atom. The molecule has 0 aliphatic carbocycles. The smallest absolute Gasteiger partial charge is 0.338 e. The number of rotatable bonds is 9. The number of carbonyl (C=O) groups is 1. The predicted molar refractivity (Wildman–Crippen MR) is 160 cm³/mol. The summed E-state index contributed by atoms with van der Waals surface area (Å²) in [5, 5.41) is 11.3. The van der Waals surface area contributed by atoms with Crippen molar-refractivity contribution >= 4 is 29.1 Å². The molecule has 5 rings (SSSR count). The molecule has 0 saturated heterocycles. The van der Waals surface area contributed by atoms with E-state index in [0.29, 0.717) is 49.2 Å². The first-order valence-electron chi connectivity index (χ1n) is 13.5. The number of benzene rings is 2. The molecule has 0 unspecified atom stereocenters. The number of nitro groups is 1. The number of nitro benzene ring substituents is 1. The molecule has 12 heteroatoms. The van der Waals surface area contributed by atoms with E-state index in [9.17, 15) is 19.7 Å². The molecule has 222 valence electrons. The molecule has 4 aromatic rings. The zero-order valence-corrected chi connectivity index (χ0v) is 25.0. The maximum atomic E-state index is 13.9. The van der Waals surface area contributed by atoms with Crippen LogP contribution in [0.1, 0.15) is 45.1 Å². The fourth-order valence-corrected chi connectivity index (χ4v) is 5.84. The Bertz CT molecular complexity index is 1910. The summed E-state index contributed by atoms with van der Waals surface area (Å²) in [6, 6.07) is 14.0. The number of thiazole rings is 1. The zero-order chi connectivity index (χ0) is 30.8. The van der Waals surface area contributed by atoms with Crippen LogP contribution in [0.15, 0.2) is 80.1 Å². The topological polar surface area (TPSA) is 135 Å². The number of ether oxygens (including phenoxy) is 3. The molecule has 11 nitrogen and oxygen atoms in total. The molecule has 1 aliphatic heterocycles. The van der Waals surface area contributed by atoms with Crippen LogP contribution < -0.4 is 24.4 Å². The van der Waals surface area contributed by atoms with Gasteiger partial charge in [-0.25, -0.2) is 9.79 Å². The van der Waals surface area contributed by atoms with Crippen LogP contribution in [0.5, 0.6) is 11.5 Å². The van der Waals surface area contributed by atoms with Gasteiger partial charge in [-0.05, 0) is 63.6 Å². The van der Waals surface area contributed by atoms with E-state index in [2.05, 4.69) is 4.99 Å². The molecular weight excluding hydrogens is 574 g/mol. The lowest BCUT2D eigenvalue weighted by atomic mass is 9.96. The third-order valence-electron chi connectivity index (χ3n) is 6.64. The Kier molecular flexibility index (Phi) is 8.31. The number of furan rings is 1. The lowest BCUT2D eigenvalue weighted by Crippen LogP contribution is -2.39. The number of esters is 1. The van der Waals surface area contributed by atoms with Crippen molar-refractivity contribution in [3.63, 3.8) is 0 Å². The average molecular weight is 604 g/mol. The quantitative estimate of drug-likeness (QED) is 0.152. The SMILES string of the molecule is CCOC(=O)C1=C(C)N=c2s/c(=C\c3ccc(-c4cc([N+](=O)[O-])ccc4OC)o3)c(=O)n2[C@H]1c1ccc(OC(C)C)cc1. The predicted octanol–water partition coefficient (Wildman–Crippen LogP) is 4.76. The highest BCUT2D eigenvalue weighted by molar-refractivity contribution is 7.07. The molecule has 0 saturated carbocycles. The number of non-ortho nitro benzene ring substituents is 1. The number of hydrogen-bond donors (Lipinski definition) is 0. The van der Waals surface area contributed by atoms with Gasteiger partial charge in [0.2, 0.25) is 0 Å². The summed E-state index contributed by atoms with van der Waals surface area (Å²) in [6.45, 7) is 7.47. The highest BCUT2D eigenvalue weighted by atomic mass is 32.1. The Hall–Kier alpha value is -4.97. The minimum absolute atomic E-state index is 0.0130. The maximum Gasteiger partial charge on any atom is 0.338 e. The third kappa shape index (κ3) is 5.86. The Morgan fingerprint density at radius 1 is 1.19 bits per heavy atom. The summed E-state index contributed by atoms with van der Waals surface area (Å²) in [5.41, 5.74) is 1.35. The number of methoxy groups -OCH3 is 1. The monoisotopic (exact) mass is 603 g/mol. The van der Waals surface area contributed by atoms with Gasteiger partial charge in [-0.2, -0.15) is 0 Å². The van der Waals surface area contributed by atoms with Gasteiger partial charge in [0.05, 0.1) is 52.2 Å². The van der Waals surface area contributed by atoms with Crippen molar-refractivity contribution in [3.8, 4) is 22.8 Å². The molecule has 1 aliphatic rings. The van der Waals surface area contributed by atoms with Crippen molar-refractivity contribution in [2.45, 2.75) is 39.8 Å². The first-order chi connectivity index (χ1) is 20.6. The zero-order valence-electron chi connectivity index (χ0n) is 24.2. The van der Waals surface area contributed by atoms with E-state index in [0.717, 1.165) is 11.3 Å². The van der Waals surface area contributed by atoms with Crippen LogP contribution >= 0.6 is 11.3 Å². The Morgan fingerprint density at radius 2 is 1.93 bits per heavy atom. The average Bonchev–Trinajstić information content (AvgIpc) is 3.56. The summed E-state index contributed by atoms with van der Waals surface area (Å²) in [4.78, 5) is 42.9. The fraction of sp³-hybridized carbons (Fsp3) is 0.258. The summed E-state index contributed by atoms with van der Waals surface area (Å²) in [5.74, 6) is 1.20. The van der Waals surface area contributed by atoms with Crippen molar-refractivity contribution in [3.05, 3.63) is 107 Å². The largest absolute Gasteiger partial charge is 0.496 e. The van der Waals surface area contributed by atoms with E-state index in [-0.39, 0.29) is 29.5 Å². The van der Waals surface area contributed by atoms with Gasteiger partial charge >= 0.3 is 5.97 Å². The molecule has 43 heavy (non-hydrogen) atoms. The van der Waals surface area contributed by atoms with Crippen LogP contribution in [0.3, 0.4) is 0 Å². The Balaban J connectivity index is 1.61. The van der Waals surface area contributed by atoms with Gasteiger partial charge in [0, 0.05) is 18.2 Å². The number of aromatic nitrogens is 1. The number of fused-ring (bicyclic) bond motifs is 1. The molecular formula is C31H29N3O8S. The van der Waals surface area contributed by atoms with Gasteiger partial charge in [-0.15, -0.1) is 0 Å². The molecule has 0 amide bonds. The van der Waals surface area contributed by atoms with E-state index < -0.39 is 16.9 Å². The van der Waals surface area contributed by atoms with Crippen LogP contribution in [0, 0.1) is 10.1 Å². The lowest BCUT2D eigenvalue weighted by molar-refractivity contribution is -0.384. The van der Waals surface area contributed by atoms with E-state index in [1.807, 2.05) is 26.0 Å². The minimum atomic E-state index is -0.771. The van der Waals surface area contributed by atoms with Crippen molar-refractivity contribution in [2.75, 3.05) is 13.7 Å². The second kappa shape index (κ2) is 12.1. The van der Waals surface area contributed by atoms with Crippen LogP contribution in [-0.2, 0) is 9.53 Å². The molecule has 0 fully saturated rings. The summed E-state index contributed by atoms with van der Waals surface area (Å²) in [6.07, 6.45) is 1.57. The highest BCUT2D eigenvalue weighted by Gasteiger charge is 2.33. The van der Waals surface area contributed by atoms with Crippen LogP contribution in [0.4, 0.5) is 5.69 Å². The molecule has 2 aromatic carbocycles. The molecule has 0 bridgehead atoms. The summed E-state index contributed by atoms with van der Waals surface area (Å²) < 4.78 is 24.3. The molecule has 0 spiro atoms. The first kappa shape index (κ1) is 29.5. The van der Waals surface area contributed by atoms with Crippen molar-refractivity contribution in [2.24, 2.45) is 4.99 Å². The third-order valence-corrected chi connectivity index (χ3v) is 7.63. The van der Waals surface area contributed by atoms with Crippen molar-refractivity contribution < 1.29 is 28.3 Å². The Labute approximate surface area is 250 Å². The van der Waals surface area contributed by atoms with E-state index >= 15 is 0 Å². The molecule has 3 heterocycles. The van der Waals surface area contributed by atoms with Gasteiger partial charge in [0.25, 0.3) is 11.2 Å². The van der Waals surface area contributed by atoms with E-state index in [1.165, 1.54) is 29.9 Å². The molecule has 1 atom stereocenters. The van der Waals surface area contributed by atoms with Gasteiger partial charge in [0.15, 0.2) is 4.80 Å². The fourth-order valence-electron chi connectivity index (χ4n) is 4.81. The van der Waals surface area contributed by atoms with E-state index in [4.69, 9.17) is 18.6 Å². The molecule has 0 radical (unpaired) electrons. The first-order valence-corrected chi connectivity index (χ1v) is 14.3. The van der Waals surface area contributed by atoms with Gasteiger partial charge in [-0.3, -0.25) is 19.5 Å². The number of nitrogens with zero attached hydrogens (tertiary/aromatic N) is 3. The van der Waals surface area contributed by atoms with Gasteiger partial charge < -0.3 is 18.6 Å². The summed E-state index contributed by atoms with van der Waals surface area (Å²) in [7, 11) is 1.46. The highest BCUT2D eigenvalue weighted by Crippen LogP contribution is 2.35. The number of carbonyl (C=O) groups excluding carboxylic acids is 1. The van der Waals surface area contributed by atoms with E-state index in [1.54, 1.807) is 44.2 Å². The second-order valence-corrected chi connectivity index (χ2v) is 10.9. The number of hydrogen-bond acceptors (Lipinski definition) is 10. The van der Waals surface area contributed by atoms with Crippen LogP contribution in [0.2, 0.25) is 0 Å². The normalized spacial score (nSPS) is 14.8.